The van der Waals surface area contributed by atoms with E-state index >= 15 is 0 Å². The smallest absolute Gasteiger partial charge is 0.0406 e. The second-order valence-electron chi connectivity index (χ2n) is 5.32. The van der Waals surface area contributed by atoms with E-state index in [9.17, 15) is 0 Å². The largest absolute Gasteiger partial charge is 0.319 e. The van der Waals surface area contributed by atoms with Gasteiger partial charge in [-0.05, 0) is 69.6 Å². The summed E-state index contributed by atoms with van der Waals surface area (Å²) < 4.78 is 0. The third-order valence-corrected chi connectivity index (χ3v) is 4.00. The molecule has 1 saturated heterocycles. The highest BCUT2D eigenvalue weighted by Gasteiger charge is 2.34. The highest BCUT2D eigenvalue weighted by Crippen LogP contribution is 2.37. The molecule has 1 aromatic heterocycles. The zero-order valence-corrected chi connectivity index (χ0v) is 11.8. The Morgan fingerprint density at radius 1 is 1.50 bits per heavy atom. The number of rotatable bonds is 5. The number of likely N-dealkylation sites (tertiary alicyclic amines) is 1. The second-order valence-corrected chi connectivity index (χ2v) is 5.32. The maximum Gasteiger partial charge on any atom is 0.0406 e. The predicted molar refractivity (Wildman–Crippen MR) is 75.6 cm³/mol. The molecule has 0 radical (unpaired) electrons. The number of aryl methyl sites for hydroxylation is 1. The minimum Gasteiger partial charge on any atom is -0.319 e. The molecule has 0 aliphatic carbocycles. The summed E-state index contributed by atoms with van der Waals surface area (Å²) in [6.45, 7) is 7.98. The minimum absolute atomic E-state index is 0.547. The van der Waals surface area contributed by atoms with Crippen LogP contribution >= 0.6 is 0 Å². The highest BCUT2D eigenvalue weighted by atomic mass is 15.2. The van der Waals surface area contributed by atoms with E-state index in [1.54, 1.807) is 0 Å². The van der Waals surface area contributed by atoms with E-state index < -0.39 is 0 Å². The SMILES string of the molecule is CCCN1CCC(CNC)C1c1cnccc1C. The average molecular weight is 247 g/mol. The Hall–Kier alpha value is -0.930. The van der Waals surface area contributed by atoms with Gasteiger partial charge in [0.15, 0.2) is 0 Å². The van der Waals surface area contributed by atoms with Crippen LogP contribution in [0.5, 0.6) is 0 Å². The van der Waals surface area contributed by atoms with E-state index in [0.29, 0.717) is 12.0 Å². The van der Waals surface area contributed by atoms with Gasteiger partial charge >= 0.3 is 0 Å². The quantitative estimate of drug-likeness (QED) is 0.866. The van der Waals surface area contributed by atoms with E-state index in [4.69, 9.17) is 0 Å². The third-order valence-electron chi connectivity index (χ3n) is 4.00. The van der Waals surface area contributed by atoms with Gasteiger partial charge in [0.2, 0.25) is 0 Å². The Morgan fingerprint density at radius 2 is 2.33 bits per heavy atom. The summed E-state index contributed by atoms with van der Waals surface area (Å²) in [5.41, 5.74) is 2.79. The van der Waals surface area contributed by atoms with E-state index in [2.05, 4.69) is 48.4 Å². The van der Waals surface area contributed by atoms with Crippen LogP contribution in [0.4, 0.5) is 0 Å². The van der Waals surface area contributed by atoms with Crippen LogP contribution in [0.15, 0.2) is 18.5 Å². The third kappa shape index (κ3) is 2.73. The maximum atomic E-state index is 4.33. The molecule has 3 heteroatoms. The van der Waals surface area contributed by atoms with Gasteiger partial charge in [0.05, 0.1) is 0 Å². The topological polar surface area (TPSA) is 28.2 Å². The lowest BCUT2D eigenvalue weighted by Crippen LogP contribution is -2.30. The number of nitrogens with one attached hydrogen (secondary N) is 1. The molecule has 2 rings (SSSR count). The first-order valence-electron chi connectivity index (χ1n) is 7.07. The summed E-state index contributed by atoms with van der Waals surface area (Å²) >= 11 is 0. The first-order valence-corrected chi connectivity index (χ1v) is 7.07. The molecule has 1 fully saturated rings. The van der Waals surface area contributed by atoms with Crippen LogP contribution in [0.2, 0.25) is 0 Å². The number of hydrogen-bond donors (Lipinski definition) is 1. The fourth-order valence-corrected chi connectivity index (χ4v) is 3.18. The highest BCUT2D eigenvalue weighted by molar-refractivity contribution is 5.27. The normalized spacial score (nSPS) is 24.6. The van der Waals surface area contributed by atoms with Crippen molar-refractivity contribution in [1.82, 2.24) is 15.2 Å². The number of aromatic nitrogens is 1. The fourth-order valence-electron chi connectivity index (χ4n) is 3.18. The lowest BCUT2D eigenvalue weighted by Gasteiger charge is -2.29. The lowest BCUT2D eigenvalue weighted by molar-refractivity contribution is 0.226. The van der Waals surface area contributed by atoms with Gasteiger partial charge in [-0.2, -0.15) is 0 Å². The van der Waals surface area contributed by atoms with Crippen molar-refractivity contribution < 1.29 is 0 Å². The van der Waals surface area contributed by atoms with Crippen LogP contribution < -0.4 is 5.32 Å². The van der Waals surface area contributed by atoms with Gasteiger partial charge in [0.25, 0.3) is 0 Å². The van der Waals surface area contributed by atoms with Gasteiger partial charge in [-0.15, -0.1) is 0 Å². The van der Waals surface area contributed by atoms with Crippen LogP contribution in [0.3, 0.4) is 0 Å². The van der Waals surface area contributed by atoms with Crippen molar-refractivity contribution in [2.75, 3.05) is 26.7 Å². The van der Waals surface area contributed by atoms with Crippen molar-refractivity contribution in [3.63, 3.8) is 0 Å². The van der Waals surface area contributed by atoms with Gasteiger partial charge in [0, 0.05) is 18.4 Å². The predicted octanol–water partition coefficient (Wildman–Crippen LogP) is 2.38. The molecule has 0 spiro atoms. The maximum absolute atomic E-state index is 4.33. The number of hydrogen-bond acceptors (Lipinski definition) is 3. The molecule has 2 heterocycles. The summed E-state index contributed by atoms with van der Waals surface area (Å²) in [5, 5.41) is 3.34. The van der Waals surface area contributed by atoms with Crippen molar-refractivity contribution in [2.45, 2.75) is 32.7 Å². The molecule has 100 valence electrons. The van der Waals surface area contributed by atoms with E-state index in [0.717, 1.165) is 6.54 Å². The molecule has 1 aliphatic heterocycles. The van der Waals surface area contributed by atoms with Gasteiger partial charge in [-0.25, -0.2) is 0 Å². The summed E-state index contributed by atoms with van der Waals surface area (Å²) in [6, 6.07) is 2.68. The molecule has 1 aromatic rings. The van der Waals surface area contributed by atoms with Crippen molar-refractivity contribution >= 4 is 0 Å². The fraction of sp³-hybridized carbons (Fsp3) is 0.667. The first kappa shape index (κ1) is 13.5. The van der Waals surface area contributed by atoms with Crippen LogP contribution in [-0.2, 0) is 0 Å². The summed E-state index contributed by atoms with van der Waals surface area (Å²) in [6.07, 6.45) is 6.48. The summed E-state index contributed by atoms with van der Waals surface area (Å²) in [7, 11) is 2.05. The summed E-state index contributed by atoms with van der Waals surface area (Å²) in [5.74, 6) is 0.712. The Balaban J connectivity index is 2.25. The standard InChI is InChI=1S/C15H25N3/c1-4-8-18-9-6-13(10-16-3)15(18)14-11-17-7-5-12(14)2/h5,7,11,13,15-16H,4,6,8-10H2,1-3H3. The molecule has 2 unspecified atom stereocenters. The Morgan fingerprint density at radius 3 is 3.00 bits per heavy atom. The molecule has 2 atom stereocenters. The van der Waals surface area contributed by atoms with Crippen LogP contribution in [0.25, 0.3) is 0 Å². The number of nitrogens with zero attached hydrogens (tertiary/aromatic N) is 2. The van der Waals surface area contributed by atoms with E-state index in [-0.39, 0.29) is 0 Å². The Kier molecular flexibility index (Phi) is 4.72. The molecule has 18 heavy (non-hydrogen) atoms. The van der Waals surface area contributed by atoms with Crippen LogP contribution in [0.1, 0.15) is 36.9 Å². The molecule has 1 N–H and O–H groups in total. The van der Waals surface area contributed by atoms with Crippen molar-refractivity contribution in [3.05, 3.63) is 29.6 Å². The Bertz CT molecular complexity index is 364. The average Bonchev–Trinajstić information content (AvgIpc) is 2.74. The molecule has 0 aromatic carbocycles. The van der Waals surface area contributed by atoms with E-state index in [1.165, 1.54) is 37.1 Å². The molecule has 0 amide bonds. The molecule has 3 nitrogen and oxygen atoms in total. The molecular formula is C15H25N3. The van der Waals surface area contributed by atoms with Gasteiger partial charge in [-0.3, -0.25) is 9.88 Å². The zero-order chi connectivity index (χ0) is 13.0. The monoisotopic (exact) mass is 247 g/mol. The second kappa shape index (κ2) is 6.30. The van der Waals surface area contributed by atoms with Gasteiger partial charge in [-0.1, -0.05) is 6.92 Å². The van der Waals surface area contributed by atoms with Crippen molar-refractivity contribution in [1.29, 1.82) is 0 Å². The Labute approximate surface area is 111 Å². The van der Waals surface area contributed by atoms with Crippen LogP contribution in [0, 0.1) is 12.8 Å². The first-order chi connectivity index (χ1) is 8.77. The minimum atomic E-state index is 0.547. The zero-order valence-electron chi connectivity index (χ0n) is 11.8. The number of pyridine rings is 1. The molecule has 0 saturated carbocycles. The molecular weight excluding hydrogens is 222 g/mol. The van der Waals surface area contributed by atoms with Gasteiger partial charge < -0.3 is 5.32 Å². The summed E-state index contributed by atoms with van der Waals surface area (Å²) in [4.78, 5) is 6.96. The molecule has 1 aliphatic rings. The van der Waals surface area contributed by atoms with Crippen LogP contribution in [-0.4, -0.2) is 36.6 Å². The van der Waals surface area contributed by atoms with Gasteiger partial charge in [0.1, 0.15) is 0 Å². The lowest BCUT2D eigenvalue weighted by atomic mass is 9.92. The van der Waals surface area contributed by atoms with E-state index in [1.807, 2.05) is 6.20 Å². The molecule has 0 bridgehead atoms. The van der Waals surface area contributed by atoms with Crippen molar-refractivity contribution in [3.8, 4) is 0 Å². The van der Waals surface area contributed by atoms with Crippen molar-refractivity contribution in [2.24, 2.45) is 5.92 Å².